The number of nitrogens with one attached hydrogen (secondary N) is 1. The molecule has 8 heteroatoms. The van der Waals surface area contributed by atoms with Crippen molar-refractivity contribution in [3.63, 3.8) is 0 Å². The lowest BCUT2D eigenvalue weighted by atomic mass is 9.95. The highest BCUT2D eigenvalue weighted by Gasteiger charge is 2.25. The molecule has 2 aromatic carbocycles. The van der Waals surface area contributed by atoms with Gasteiger partial charge < -0.3 is 19.5 Å². The van der Waals surface area contributed by atoms with Gasteiger partial charge in [0.05, 0.1) is 32.5 Å². The number of carbonyl (C=O) groups is 2. The average Bonchev–Trinajstić information content (AvgIpc) is 3.25. The van der Waals surface area contributed by atoms with E-state index in [-0.39, 0.29) is 5.91 Å². The summed E-state index contributed by atoms with van der Waals surface area (Å²) >= 11 is 1.56. The molecule has 0 fully saturated rings. The van der Waals surface area contributed by atoms with Crippen LogP contribution in [-0.4, -0.2) is 39.4 Å². The van der Waals surface area contributed by atoms with Gasteiger partial charge in [0.25, 0.3) is 5.91 Å². The van der Waals surface area contributed by atoms with Crippen molar-refractivity contribution in [3.8, 4) is 11.5 Å². The molecule has 1 N–H and O–H groups in total. The minimum Gasteiger partial charge on any atom is -0.493 e. The molecule has 0 saturated heterocycles. The Hall–Kier alpha value is -3.65. The largest absolute Gasteiger partial charge is 0.493 e. The smallest absolute Gasteiger partial charge is 0.337 e. The van der Waals surface area contributed by atoms with Gasteiger partial charge in [0, 0.05) is 22.3 Å². The number of fused-ring (bicyclic) bond motifs is 1. The fourth-order valence-electron chi connectivity index (χ4n) is 4.02. The summed E-state index contributed by atoms with van der Waals surface area (Å²) in [5.41, 5.74) is 3.46. The van der Waals surface area contributed by atoms with Crippen molar-refractivity contribution in [3.05, 3.63) is 69.6 Å². The van der Waals surface area contributed by atoms with Crippen LogP contribution < -0.4 is 14.8 Å². The zero-order valence-electron chi connectivity index (χ0n) is 19.3. The summed E-state index contributed by atoms with van der Waals surface area (Å²) in [6.45, 7) is 0. The summed E-state index contributed by atoms with van der Waals surface area (Å²) in [7, 11) is 4.51. The monoisotopic (exact) mass is 478 g/mol. The molecule has 0 bridgehead atoms. The molecule has 1 aliphatic rings. The van der Waals surface area contributed by atoms with Crippen molar-refractivity contribution >= 4 is 40.1 Å². The lowest BCUT2D eigenvalue weighted by Gasteiger charge is -2.13. The summed E-state index contributed by atoms with van der Waals surface area (Å²) in [4.78, 5) is 31.0. The number of aryl methyl sites for hydroxylation is 1. The van der Waals surface area contributed by atoms with Gasteiger partial charge in [-0.1, -0.05) is 6.07 Å². The molecule has 0 saturated carbocycles. The summed E-state index contributed by atoms with van der Waals surface area (Å²) < 4.78 is 15.6. The molecule has 0 aliphatic heterocycles. The topological polar surface area (TPSA) is 86.2 Å². The molecule has 0 unspecified atom stereocenters. The van der Waals surface area contributed by atoms with Crippen LogP contribution in [0.3, 0.4) is 0 Å². The maximum atomic E-state index is 13.4. The highest BCUT2D eigenvalue weighted by atomic mass is 32.1. The predicted molar refractivity (Wildman–Crippen MR) is 133 cm³/mol. The molecule has 7 nitrogen and oxygen atoms in total. The second-order valence-electron chi connectivity index (χ2n) is 7.76. The molecular formula is C26H26N2O5S. The molecule has 1 heterocycles. The van der Waals surface area contributed by atoms with Gasteiger partial charge in [0.1, 0.15) is 5.00 Å². The van der Waals surface area contributed by atoms with E-state index < -0.39 is 5.97 Å². The number of hydrogen-bond donors (Lipinski definition) is 1. The first-order valence-electron chi connectivity index (χ1n) is 10.9. The quantitative estimate of drug-likeness (QED) is 0.361. The van der Waals surface area contributed by atoms with Crippen molar-refractivity contribution in [2.24, 2.45) is 4.99 Å². The first-order chi connectivity index (χ1) is 16.5. The molecule has 0 radical (unpaired) electrons. The van der Waals surface area contributed by atoms with Crippen molar-refractivity contribution in [1.82, 2.24) is 0 Å². The zero-order valence-corrected chi connectivity index (χ0v) is 20.2. The van der Waals surface area contributed by atoms with Gasteiger partial charge in [-0.2, -0.15) is 0 Å². The van der Waals surface area contributed by atoms with E-state index in [2.05, 4.69) is 5.32 Å². The Labute approximate surface area is 202 Å². The first-order valence-corrected chi connectivity index (χ1v) is 11.8. The lowest BCUT2D eigenvalue weighted by Crippen LogP contribution is -2.15. The van der Waals surface area contributed by atoms with E-state index in [0.29, 0.717) is 33.3 Å². The molecule has 176 valence electrons. The van der Waals surface area contributed by atoms with Gasteiger partial charge in [-0.15, -0.1) is 11.3 Å². The molecular weight excluding hydrogens is 452 g/mol. The molecule has 1 aliphatic carbocycles. The maximum Gasteiger partial charge on any atom is 0.337 e. The molecule has 1 amide bonds. The summed E-state index contributed by atoms with van der Waals surface area (Å²) in [5.74, 6) is 0.571. The maximum absolute atomic E-state index is 13.4. The number of amides is 1. The minimum atomic E-state index is -0.422. The fourth-order valence-corrected chi connectivity index (χ4v) is 5.25. The van der Waals surface area contributed by atoms with Crippen LogP contribution >= 0.6 is 11.3 Å². The summed E-state index contributed by atoms with van der Waals surface area (Å²) in [6, 6.07) is 12.2. The van der Waals surface area contributed by atoms with Gasteiger partial charge in [0.2, 0.25) is 0 Å². The van der Waals surface area contributed by atoms with Crippen molar-refractivity contribution in [1.29, 1.82) is 0 Å². The average molecular weight is 479 g/mol. The SMILES string of the molecule is COC(=O)c1ccc(NC(=O)c2c(/N=C/c3cccc(OC)c3OC)sc3c2CCCC3)cc1. The van der Waals surface area contributed by atoms with E-state index in [1.807, 2.05) is 18.2 Å². The van der Waals surface area contributed by atoms with E-state index in [9.17, 15) is 9.59 Å². The predicted octanol–water partition coefficient (Wildman–Crippen LogP) is 5.43. The molecule has 34 heavy (non-hydrogen) atoms. The van der Waals surface area contributed by atoms with Crippen molar-refractivity contribution < 1.29 is 23.8 Å². The van der Waals surface area contributed by atoms with Crippen molar-refractivity contribution in [2.45, 2.75) is 25.7 Å². The number of thiophene rings is 1. The number of aliphatic imine (C=N–C) groups is 1. The van der Waals surface area contributed by atoms with E-state index in [1.165, 1.54) is 12.0 Å². The number of hydrogen-bond acceptors (Lipinski definition) is 7. The normalized spacial score (nSPS) is 12.8. The first kappa shape index (κ1) is 23.5. The molecule has 0 atom stereocenters. The summed E-state index contributed by atoms with van der Waals surface area (Å²) in [5, 5.41) is 3.62. The Bertz CT molecular complexity index is 1230. The third kappa shape index (κ3) is 4.82. The number of rotatable bonds is 7. The number of ether oxygens (including phenoxy) is 3. The lowest BCUT2D eigenvalue weighted by molar-refractivity contribution is 0.0600. The Morgan fingerprint density at radius 3 is 2.47 bits per heavy atom. The molecule has 4 rings (SSSR count). The van der Waals surface area contributed by atoms with Crippen molar-refractivity contribution in [2.75, 3.05) is 26.6 Å². The van der Waals surface area contributed by atoms with Gasteiger partial charge in [-0.05, 0) is 67.6 Å². The van der Waals surface area contributed by atoms with Crippen LogP contribution in [0.1, 0.15) is 49.6 Å². The van der Waals surface area contributed by atoms with E-state index in [0.717, 1.165) is 36.8 Å². The van der Waals surface area contributed by atoms with E-state index in [1.54, 1.807) is 56.0 Å². The second kappa shape index (κ2) is 10.5. The van der Waals surface area contributed by atoms with Crippen LogP contribution in [0.4, 0.5) is 10.7 Å². The number of esters is 1. The van der Waals surface area contributed by atoms with E-state index in [4.69, 9.17) is 19.2 Å². The minimum absolute atomic E-state index is 0.213. The number of benzene rings is 2. The number of methoxy groups -OCH3 is 3. The Morgan fingerprint density at radius 1 is 1.00 bits per heavy atom. The number of para-hydroxylation sites is 1. The molecule has 0 spiro atoms. The van der Waals surface area contributed by atoms with Gasteiger partial charge in [-0.3, -0.25) is 4.79 Å². The highest BCUT2D eigenvalue weighted by molar-refractivity contribution is 7.16. The van der Waals surface area contributed by atoms with Crippen LogP contribution in [0.5, 0.6) is 11.5 Å². The van der Waals surface area contributed by atoms with Crippen LogP contribution in [-0.2, 0) is 17.6 Å². The number of anilines is 1. The van der Waals surface area contributed by atoms with Crippen LogP contribution in [0.15, 0.2) is 47.5 Å². The third-order valence-electron chi connectivity index (χ3n) is 5.70. The molecule has 3 aromatic rings. The van der Waals surface area contributed by atoms with Crippen LogP contribution in [0.25, 0.3) is 0 Å². The second-order valence-corrected chi connectivity index (χ2v) is 8.84. The highest BCUT2D eigenvalue weighted by Crippen LogP contribution is 2.40. The summed E-state index contributed by atoms with van der Waals surface area (Å²) in [6.07, 6.45) is 5.67. The van der Waals surface area contributed by atoms with Gasteiger partial charge in [-0.25, -0.2) is 9.79 Å². The van der Waals surface area contributed by atoms with Crippen LogP contribution in [0, 0.1) is 0 Å². The third-order valence-corrected chi connectivity index (χ3v) is 6.90. The fraction of sp³-hybridized carbons (Fsp3) is 0.269. The van der Waals surface area contributed by atoms with Gasteiger partial charge in [0.15, 0.2) is 11.5 Å². The number of carbonyl (C=O) groups excluding carboxylic acids is 2. The number of nitrogens with zero attached hydrogens (tertiary/aromatic N) is 1. The van der Waals surface area contributed by atoms with Gasteiger partial charge >= 0.3 is 5.97 Å². The molecule has 1 aromatic heterocycles. The Kier molecular flexibility index (Phi) is 7.27. The van der Waals surface area contributed by atoms with Crippen LogP contribution in [0.2, 0.25) is 0 Å². The Balaban J connectivity index is 1.65. The Morgan fingerprint density at radius 2 is 1.76 bits per heavy atom. The zero-order chi connectivity index (χ0) is 24.1. The van der Waals surface area contributed by atoms with E-state index >= 15 is 0 Å². The standard InChI is InChI=1S/C26H26N2O5S/c1-31-20-9-6-7-17(23(20)32-2)15-27-25-22(19-8-4-5-10-21(19)34-25)24(29)28-18-13-11-16(12-14-18)26(30)33-3/h6-7,9,11-15H,4-5,8,10H2,1-3H3,(H,28,29)/b27-15+.